The molecule has 0 aromatic rings. The van der Waals surface area contributed by atoms with Gasteiger partial charge < -0.3 is 10.4 Å². The molecule has 0 spiro atoms. The fourth-order valence-corrected chi connectivity index (χ4v) is 1.17. The van der Waals surface area contributed by atoms with E-state index in [2.05, 4.69) is 5.32 Å². The zero-order valence-electron chi connectivity index (χ0n) is 8.39. The van der Waals surface area contributed by atoms with E-state index in [1.807, 2.05) is 13.8 Å². The minimum absolute atomic E-state index is 0.187. The topological polar surface area (TPSA) is 66.4 Å². The van der Waals surface area contributed by atoms with Gasteiger partial charge in [-0.15, -0.1) is 0 Å². The van der Waals surface area contributed by atoms with Crippen LogP contribution in [0.15, 0.2) is 0 Å². The van der Waals surface area contributed by atoms with Crippen LogP contribution in [0.4, 0.5) is 0 Å². The van der Waals surface area contributed by atoms with Crippen molar-refractivity contribution in [1.82, 2.24) is 5.32 Å². The number of carbonyl (C=O) groups is 2. The lowest BCUT2D eigenvalue weighted by molar-refractivity contribution is -0.149. The lowest BCUT2D eigenvalue weighted by Crippen LogP contribution is -2.41. The number of rotatable bonds is 5. The summed E-state index contributed by atoms with van der Waals surface area (Å²) < 4.78 is 0. The molecule has 13 heavy (non-hydrogen) atoms. The van der Waals surface area contributed by atoms with Crippen LogP contribution in [-0.2, 0) is 9.59 Å². The average Bonchev–Trinajstić information content (AvgIpc) is 2.06. The monoisotopic (exact) mass is 187 g/mol. The van der Waals surface area contributed by atoms with Gasteiger partial charge in [0.05, 0.1) is 5.41 Å². The highest BCUT2D eigenvalue weighted by Gasteiger charge is 2.34. The Bertz CT molecular complexity index is 197. The molecule has 2 N–H and O–H groups in total. The van der Waals surface area contributed by atoms with Gasteiger partial charge in [-0.05, 0) is 12.8 Å². The van der Waals surface area contributed by atoms with Crippen molar-refractivity contribution in [3.63, 3.8) is 0 Å². The molecular formula is C9H17NO3. The molecule has 0 unspecified atom stereocenters. The van der Waals surface area contributed by atoms with E-state index < -0.39 is 11.4 Å². The van der Waals surface area contributed by atoms with E-state index in [0.29, 0.717) is 12.8 Å². The molecular weight excluding hydrogens is 170 g/mol. The van der Waals surface area contributed by atoms with Crippen molar-refractivity contribution < 1.29 is 14.7 Å². The molecule has 0 aromatic carbocycles. The number of hydrogen-bond donors (Lipinski definition) is 2. The van der Waals surface area contributed by atoms with Crippen molar-refractivity contribution in [1.29, 1.82) is 0 Å². The molecule has 0 radical (unpaired) electrons. The third-order valence-corrected chi connectivity index (χ3v) is 2.48. The Labute approximate surface area is 78.3 Å². The van der Waals surface area contributed by atoms with E-state index in [4.69, 9.17) is 5.11 Å². The van der Waals surface area contributed by atoms with Crippen LogP contribution in [0.3, 0.4) is 0 Å². The summed E-state index contributed by atoms with van der Waals surface area (Å²) in [5.74, 6) is -1.03. The fraction of sp³-hybridized carbons (Fsp3) is 0.778. The van der Waals surface area contributed by atoms with E-state index in [0.717, 1.165) is 0 Å². The Morgan fingerprint density at radius 2 is 1.77 bits per heavy atom. The van der Waals surface area contributed by atoms with Gasteiger partial charge >= 0.3 is 5.97 Å². The molecule has 0 atom stereocenters. The SMILES string of the molecule is CCC(CC)(CNC(C)=O)C(=O)O. The third-order valence-electron chi connectivity index (χ3n) is 2.48. The predicted molar refractivity (Wildman–Crippen MR) is 49.3 cm³/mol. The molecule has 0 aliphatic heterocycles. The van der Waals surface area contributed by atoms with Crippen molar-refractivity contribution in [2.45, 2.75) is 33.6 Å². The first-order chi connectivity index (χ1) is 5.98. The number of nitrogens with one attached hydrogen (secondary N) is 1. The summed E-state index contributed by atoms with van der Waals surface area (Å²) in [4.78, 5) is 21.6. The van der Waals surface area contributed by atoms with Crippen molar-refractivity contribution in [3.8, 4) is 0 Å². The zero-order chi connectivity index (χ0) is 10.5. The van der Waals surface area contributed by atoms with Gasteiger partial charge in [0, 0.05) is 13.5 Å². The second-order valence-electron chi connectivity index (χ2n) is 3.20. The highest BCUT2D eigenvalue weighted by atomic mass is 16.4. The Morgan fingerprint density at radius 1 is 1.31 bits per heavy atom. The highest BCUT2D eigenvalue weighted by molar-refractivity contribution is 5.77. The number of amides is 1. The van der Waals surface area contributed by atoms with E-state index in [1.165, 1.54) is 6.92 Å². The molecule has 0 saturated heterocycles. The zero-order valence-corrected chi connectivity index (χ0v) is 8.39. The van der Waals surface area contributed by atoms with Crippen LogP contribution in [0.5, 0.6) is 0 Å². The summed E-state index contributed by atoms with van der Waals surface area (Å²) in [6.07, 6.45) is 1.05. The highest BCUT2D eigenvalue weighted by Crippen LogP contribution is 2.25. The van der Waals surface area contributed by atoms with Gasteiger partial charge in [0.25, 0.3) is 0 Å². The Morgan fingerprint density at radius 3 is 2.00 bits per heavy atom. The largest absolute Gasteiger partial charge is 0.481 e. The van der Waals surface area contributed by atoms with Gasteiger partial charge in [-0.2, -0.15) is 0 Å². The quantitative estimate of drug-likeness (QED) is 0.675. The van der Waals surface area contributed by atoms with E-state index in [-0.39, 0.29) is 12.5 Å². The number of hydrogen-bond acceptors (Lipinski definition) is 2. The Balaban J connectivity index is 4.39. The van der Waals surface area contributed by atoms with E-state index in [1.54, 1.807) is 0 Å². The molecule has 0 aliphatic rings. The minimum atomic E-state index is -0.841. The van der Waals surface area contributed by atoms with Crippen LogP contribution in [0, 0.1) is 5.41 Å². The predicted octanol–water partition coefficient (Wildman–Crippen LogP) is 1.01. The molecule has 0 rings (SSSR count). The second kappa shape index (κ2) is 4.84. The van der Waals surface area contributed by atoms with Crippen molar-refractivity contribution in [2.24, 2.45) is 5.41 Å². The van der Waals surface area contributed by atoms with Gasteiger partial charge in [0.1, 0.15) is 0 Å². The van der Waals surface area contributed by atoms with Crippen LogP contribution in [0.1, 0.15) is 33.6 Å². The summed E-state index contributed by atoms with van der Waals surface area (Å²) >= 11 is 0. The summed E-state index contributed by atoms with van der Waals surface area (Å²) in [7, 11) is 0. The Kier molecular flexibility index (Phi) is 4.45. The van der Waals surface area contributed by atoms with Gasteiger partial charge in [-0.1, -0.05) is 13.8 Å². The van der Waals surface area contributed by atoms with Gasteiger partial charge in [0.15, 0.2) is 0 Å². The van der Waals surface area contributed by atoms with E-state index in [9.17, 15) is 9.59 Å². The lowest BCUT2D eigenvalue weighted by atomic mass is 9.82. The number of aliphatic carboxylic acids is 1. The maximum atomic E-state index is 10.9. The second-order valence-corrected chi connectivity index (χ2v) is 3.20. The summed E-state index contributed by atoms with van der Waals surface area (Å²) in [6.45, 7) is 5.24. The molecule has 0 saturated carbocycles. The van der Waals surface area contributed by atoms with Crippen LogP contribution in [0.2, 0.25) is 0 Å². The van der Waals surface area contributed by atoms with Crippen molar-refractivity contribution >= 4 is 11.9 Å². The maximum Gasteiger partial charge on any atom is 0.311 e. The molecule has 1 amide bonds. The number of carboxylic acids is 1. The van der Waals surface area contributed by atoms with Crippen molar-refractivity contribution in [2.75, 3.05) is 6.54 Å². The molecule has 0 heterocycles. The van der Waals surface area contributed by atoms with Crippen LogP contribution >= 0.6 is 0 Å². The first-order valence-electron chi connectivity index (χ1n) is 4.46. The lowest BCUT2D eigenvalue weighted by Gasteiger charge is -2.26. The smallest absolute Gasteiger partial charge is 0.311 e. The molecule has 76 valence electrons. The average molecular weight is 187 g/mol. The standard InChI is InChI=1S/C9H17NO3/c1-4-9(5-2,8(12)13)6-10-7(3)11/h4-6H2,1-3H3,(H,10,11)(H,12,13). The maximum absolute atomic E-state index is 10.9. The van der Waals surface area contributed by atoms with Crippen LogP contribution < -0.4 is 5.32 Å². The third kappa shape index (κ3) is 3.05. The molecule has 0 bridgehead atoms. The van der Waals surface area contributed by atoms with Crippen LogP contribution in [0.25, 0.3) is 0 Å². The molecule has 0 aromatic heterocycles. The summed E-state index contributed by atoms with van der Waals surface area (Å²) in [5.41, 5.74) is -0.800. The molecule has 0 fully saturated rings. The molecule has 0 aliphatic carbocycles. The minimum Gasteiger partial charge on any atom is -0.481 e. The molecule has 4 heteroatoms. The molecule has 4 nitrogen and oxygen atoms in total. The number of carboxylic acid groups (broad SMARTS) is 1. The number of carbonyl (C=O) groups excluding carboxylic acids is 1. The van der Waals surface area contributed by atoms with Crippen molar-refractivity contribution in [3.05, 3.63) is 0 Å². The van der Waals surface area contributed by atoms with Crippen LogP contribution in [-0.4, -0.2) is 23.5 Å². The van der Waals surface area contributed by atoms with Gasteiger partial charge in [-0.25, -0.2) is 0 Å². The fourth-order valence-electron chi connectivity index (χ4n) is 1.17. The first kappa shape index (κ1) is 11.9. The van der Waals surface area contributed by atoms with Gasteiger partial charge in [0.2, 0.25) is 5.91 Å². The Hall–Kier alpha value is -1.06. The first-order valence-corrected chi connectivity index (χ1v) is 4.46. The summed E-state index contributed by atoms with van der Waals surface area (Å²) in [6, 6.07) is 0. The van der Waals surface area contributed by atoms with E-state index >= 15 is 0 Å². The summed E-state index contributed by atoms with van der Waals surface area (Å²) in [5, 5.41) is 11.5. The van der Waals surface area contributed by atoms with Gasteiger partial charge in [-0.3, -0.25) is 9.59 Å². The normalized spacial score (nSPS) is 11.0.